The summed E-state index contributed by atoms with van der Waals surface area (Å²) in [6, 6.07) is 8.59. The van der Waals surface area contributed by atoms with Crippen molar-refractivity contribution in [2.75, 3.05) is 0 Å². The van der Waals surface area contributed by atoms with Crippen LogP contribution < -0.4 is 5.32 Å². The van der Waals surface area contributed by atoms with E-state index in [0.717, 1.165) is 37.2 Å². The van der Waals surface area contributed by atoms with Crippen LogP contribution in [-0.2, 0) is 13.0 Å². The molecule has 0 aliphatic carbocycles. The lowest BCUT2D eigenvalue weighted by molar-refractivity contribution is 0.495. The Hall–Kier alpha value is -1.72. The first kappa shape index (κ1) is 13.7. The summed E-state index contributed by atoms with van der Waals surface area (Å²) in [5, 5.41) is 4.75. The Morgan fingerprint density at radius 3 is 2.79 bits per heavy atom. The van der Waals surface area contributed by atoms with Crippen LogP contribution in [0, 0.1) is 12.3 Å². The first-order valence-corrected chi connectivity index (χ1v) is 6.96. The van der Waals surface area contributed by atoms with Crippen molar-refractivity contribution in [2.24, 2.45) is 0 Å². The van der Waals surface area contributed by atoms with E-state index in [2.05, 4.69) is 37.2 Å². The van der Waals surface area contributed by atoms with Crippen molar-refractivity contribution in [1.82, 2.24) is 5.32 Å². The Labute approximate surface area is 115 Å². The van der Waals surface area contributed by atoms with Crippen LogP contribution in [-0.4, -0.2) is 6.04 Å². The minimum Gasteiger partial charge on any atom is -0.461 e. The molecule has 2 nitrogen and oxygen atoms in total. The van der Waals surface area contributed by atoms with Gasteiger partial charge in [0.05, 0.1) is 0 Å². The average molecular weight is 255 g/mol. The lowest BCUT2D eigenvalue weighted by Crippen LogP contribution is -2.27. The van der Waals surface area contributed by atoms with E-state index >= 15 is 0 Å². The third-order valence-electron chi connectivity index (χ3n) is 3.53. The van der Waals surface area contributed by atoms with E-state index < -0.39 is 0 Å². The Kier molecular flexibility index (Phi) is 4.65. The van der Waals surface area contributed by atoms with Gasteiger partial charge in [-0.25, -0.2) is 0 Å². The van der Waals surface area contributed by atoms with Gasteiger partial charge in [-0.2, -0.15) is 0 Å². The third-order valence-corrected chi connectivity index (χ3v) is 3.53. The maximum absolute atomic E-state index is 5.89. The fraction of sp³-hybridized carbons (Fsp3) is 0.412. The van der Waals surface area contributed by atoms with Gasteiger partial charge in [-0.15, -0.1) is 12.3 Å². The SMILES string of the molecule is C#CCC(CC)NCc1c(CC)oc2ccccc12. The standard InChI is InChI=1S/C17H21NO/c1-4-9-13(5-2)18-12-15-14-10-7-8-11-17(14)19-16(15)6-3/h1,7-8,10-11,13,18H,5-6,9,12H2,2-3H3. The molecule has 0 spiro atoms. The van der Waals surface area contributed by atoms with Crippen molar-refractivity contribution in [2.45, 2.75) is 45.7 Å². The van der Waals surface area contributed by atoms with Crippen molar-refractivity contribution in [3.63, 3.8) is 0 Å². The smallest absolute Gasteiger partial charge is 0.134 e. The van der Waals surface area contributed by atoms with Crippen molar-refractivity contribution in [3.8, 4) is 12.3 Å². The van der Waals surface area contributed by atoms with E-state index in [1.54, 1.807) is 0 Å². The molecule has 1 aromatic heterocycles. The molecule has 1 heterocycles. The highest BCUT2D eigenvalue weighted by molar-refractivity contribution is 5.82. The van der Waals surface area contributed by atoms with Gasteiger partial charge in [-0.3, -0.25) is 0 Å². The minimum absolute atomic E-state index is 0.378. The predicted octanol–water partition coefficient (Wildman–Crippen LogP) is 3.89. The molecule has 1 unspecified atom stereocenters. The van der Waals surface area contributed by atoms with E-state index in [4.69, 9.17) is 10.8 Å². The first-order chi connectivity index (χ1) is 9.30. The molecular formula is C17H21NO. The quantitative estimate of drug-likeness (QED) is 0.792. The molecule has 2 aromatic rings. The van der Waals surface area contributed by atoms with Crippen LogP contribution in [0.2, 0.25) is 0 Å². The molecule has 0 fully saturated rings. The zero-order valence-electron chi connectivity index (χ0n) is 11.7. The Bertz CT molecular complexity index is 576. The number of benzene rings is 1. The molecule has 2 heteroatoms. The van der Waals surface area contributed by atoms with Crippen LogP contribution in [0.3, 0.4) is 0 Å². The van der Waals surface area contributed by atoms with Crippen LogP contribution in [0.5, 0.6) is 0 Å². The number of fused-ring (bicyclic) bond motifs is 1. The fourth-order valence-corrected chi connectivity index (χ4v) is 2.38. The molecule has 0 amide bonds. The molecule has 2 rings (SSSR count). The summed E-state index contributed by atoms with van der Waals surface area (Å²) in [5.74, 6) is 3.80. The van der Waals surface area contributed by atoms with Crippen LogP contribution in [0.25, 0.3) is 11.0 Å². The number of rotatable bonds is 6. The second-order valence-electron chi connectivity index (χ2n) is 4.75. The van der Waals surface area contributed by atoms with Gasteiger partial charge >= 0.3 is 0 Å². The van der Waals surface area contributed by atoms with E-state index in [-0.39, 0.29) is 0 Å². The van der Waals surface area contributed by atoms with Gasteiger partial charge < -0.3 is 9.73 Å². The Morgan fingerprint density at radius 1 is 1.32 bits per heavy atom. The second-order valence-corrected chi connectivity index (χ2v) is 4.75. The molecule has 0 bridgehead atoms. The number of aryl methyl sites for hydroxylation is 1. The van der Waals surface area contributed by atoms with E-state index in [9.17, 15) is 0 Å². The number of hydrogen-bond acceptors (Lipinski definition) is 2. The van der Waals surface area contributed by atoms with Gasteiger partial charge in [0, 0.05) is 36.4 Å². The van der Waals surface area contributed by atoms with Crippen LogP contribution in [0.4, 0.5) is 0 Å². The molecule has 0 aliphatic rings. The summed E-state index contributed by atoms with van der Waals surface area (Å²) in [7, 11) is 0. The number of furan rings is 1. The molecular weight excluding hydrogens is 234 g/mol. The molecule has 0 aliphatic heterocycles. The molecule has 1 N–H and O–H groups in total. The second kappa shape index (κ2) is 6.45. The zero-order valence-corrected chi connectivity index (χ0v) is 11.7. The summed E-state index contributed by atoms with van der Waals surface area (Å²) in [5.41, 5.74) is 2.25. The Morgan fingerprint density at radius 2 is 2.11 bits per heavy atom. The summed E-state index contributed by atoms with van der Waals surface area (Å²) >= 11 is 0. The highest BCUT2D eigenvalue weighted by atomic mass is 16.3. The van der Waals surface area contributed by atoms with Crippen molar-refractivity contribution < 1.29 is 4.42 Å². The van der Waals surface area contributed by atoms with E-state index in [1.807, 2.05) is 12.1 Å². The molecule has 1 aromatic carbocycles. The average Bonchev–Trinajstić information content (AvgIpc) is 2.81. The largest absolute Gasteiger partial charge is 0.461 e. The van der Waals surface area contributed by atoms with Crippen LogP contribution in [0.15, 0.2) is 28.7 Å². The maximum Gasteiger partial charge on any atom is 0.134 e. The highest BCUT2D eigenvalue weighted by Gasteiger charge is 2.13. The monoisotopic (exact) mass is 255 g/mol. The third kappa shape index (κ3) is 3.00. The van der Waals surface area contributed by atoms with Gasteiger partial charge in [-0.1, -0.05) is 32.0 Å². The van der Waals surface area contributed by atoms with Gasteiger partial charge in [0.1, 0.15) is 11.3 Å². The van der Waals surface area contributed by atoms with E-state index in [1.165, 1.54) is 10.9 Å². The lowest BCUT2D eigenvalue weighted by atomic mass is 10.1. The molecule has 100 valence electrons. The number of hydrogen-bond donors (Lipinski definition) is 1. The molecule has 0 radical (unpaired) electrons. The zero-order chi connectivity index (χ0) is 13.7. The highest BCUT2D eigenvalue weighted by Crippen LogP contribution is 2.26. The normalized spacial score (nSPS) is 12.5. The molecule has 1 atom stereocenters. The van der Waals surface area contributed by atoms with Crippen LogP contribution in [0.1, 0.15) is 38.0 Å². The summed E-state index contributed by atoms with van der Waals surface area (Å²) in [6.45, 7) is 5.10. The van der Waals surface area contributed by atoms with Gasteiger partial charge in [0.15, 0.2) is 0 Å². The lowest BCUT2D eigenvalue weighted by Gasteiger charge is -2.14. The number of nitrogens with one attached hydrogen (secondary N) is 1. The van der Waals surface area contributed by atoms with Gasteiger partial charge in [0.2, 0.25) is 0 Å². The predicted molar refractivity (Wildman–Crippen MR) is 80.0 cm³/mol. The van der Waals surface area contributed by atoms with Crippen molar-refractivity contribution in [1.29, 1.82) is 0 Å². The summed E-state index contributed by atoms with van der Waals surface area (Å²) in [6.07, 6.45) is 8.12. The molecule has 19 heavy (non-hydrogen) atoms. The fourth-order valence-electron chi connectivity index (χ4n) is 2.38. The van der Waals surface area contributed by atoms with Crippen molar-refractivity contribution in [3.05, 3.63) is 35.6 Å². The molecule has 0 saturated heterocycles. The Balaban J connectivity index is 2.21. The van der Waals surface area contributed by atoms with Gasteiger partial charge in [0.25, 0.3) is 0 Å². The minimum atomic E-state index is 0.378. The number of terminal acetylenes is 1. The first-order valence-electron chi connectivity index (χ1n) is 6.96. The maximum atomic E-state index is 5.89. The number of para-hydroxylation sites is 1. The van der Waals surface area contributed by atoms with Crippen molar-refractivity contribution >= 4 is 11.0 Å². The van der Waals surface area contributed by atoms with Crippen LogP contribution >= 0.6 is 0 Å². The summed E-state index contributed by atoms with van der Waals surface area (Å²) < 4.78 is 5.89. The van der Waals surface area contributed by atoms with Gasteiger partial charge in [-0.05, 0) is 12.5 Å². The van der Waals surface area contributed by atoms with E-state index in [0.29, 0.717) is 6.04 Å². The summed E-state index contributed by atoms with van der Waals surface area (Å²) in [4.78, 5) is 0. The molecule has 0 saturated carbocycles. The topological polar surface area (TPSA) is 25.2 Å².